The molecule has 0 saturated heterocycles. The second kappa shape index (κ2) is 5.75. The van der Waals surface area contributed by atoms with E-state index in [0.717, 1.165) is 5.69 Å². The molecule has 0 bridgehead atoms. The first kappa shape index (κ1) is 14.7. The van der Waals surface area contributed by atoms with Gasteiger partial charge in [0.05, 0.1) is 16.8 Å². The highest BCUT2D eigenvalue weighted by molar-refractivity contribution is 6.05. The van der Waals surface area contributed by atoms with Crippen molar-refractivity contribution in [2.45, 2.75) is 20.8 Å². The number of carbonyl (C=O) groups is 2. The van der Waals surface area contributed by atoms with Crippen LogP contribution in [0.2, 0.25) is 0 Å². The van der Waals surface area contributed by atoms with Crippen molar-refractivity contribution < 1.29 is 14.7 Å². The van der Waals surface area contributed by atoms with Gasteiger partial charge in [0.2, 0.25) is 0 Å². The number of carbonyl (C=O) groups excluding carboxylic acids is 1. The van der Waals surface area contributed by atoms with Crippen LogP contribution in [-0.4, -0.2) is 22.0 Å². The lowest BCUT2D eigenvalue weighted by Crippen LogP contribution is -2.15. The number of carboxylic acids is 1. The number of anilines is 1. The Hall–Kier alpha value is -2.69. The lowest BCUT2D eigenvalue weighted by atomic mass is 10.1. The summed E-state index contributed by atoms with van der Waals surface area (Å²) >= 11 is 0. The van der Waals surface area contributed by atoms with Crippen molar-refractivity contribution >= 4 is 17.6 Å². The predicted molar refractivity (Wildman–Crippen MR) is 79.8 cm³/mol. The fourth-order valence-electron chi connectivity index (χ4n) is 2.05. The molecule has 0 radical (unpaired) electrons. The van der Waals surface area contributed by atoms with Crippen LogP contribution in [0.3, 0.4) is 0 Å². The van der Waals surface area contributed by atoms with Crippen molar-refractivity contribution in [2.24, 2.45) is 0 Å². The smallest absolute Gasteiger partial charge is 0.335 e. The molecule has 1 aromatic carbocycles. The summed E-state index contributed by atoms with van der Waals surface area (Å²) in [5.74, 6) is -1.25. The van der Waals surface area contributed by atoms with Gasteiger partial charge in [0.1, 0.15) is 0 Å². The Morgan fingerprint density at radius 3 is 2.38 bits per heavy atom. The monoisotopic (exact) mass is 284 g/mol. The third-order valence-corrected chi connectivity index (χ3v) is 3.19. The van der Waals surface area contributed by atoms with Crippen molar-refractivity contribution in [3.05, 3.63) is 58.4 Å². The lowest BCUT2D eigenvalue weighted by molar-refractivity contribution is 0.0696. The first-order valence-electron chi connectivity index (χ1n) is 6.48. The molecule has 0 fully saturated rings. The van der Waals surface area contributed by atoms with E-state index in [0.29, 0.717) is 22.5 Å². The van der Waals surface area contributed by atoms with Gasteiger partial charge in [-0.2, -0.15) is 0 Å². The standard InChI is InChI=1S/C16H16N2O3/c1-9-8-12(16(20)21)5-7-14(9)18-15(19)13-6-4-10(2)17-11(13)3/h4-8H,1-3H3,(H,18,19)(H,20,21). The maximum atomic E-state index is 12.2. The van der Waals surface area contributed by atoms with Gasteiger partial charge in [-0.25, -0.2) is 4.79 Å². The zero-order valence-corrected chi connectivity index (χ0v) is 12.1. The van der Waals surface area contributed by atoms with Crippen LogP contribution in [0.1, 0.15) is 37.7 Å². The number of aryl methyl sites for hydroxylation is 3. The molecule has 21 heavy (non-hydrogen) atoms. The maximum Gasteiger partial charge on any atom is 0.335 e. The van der Waals surface area contributed by atoms with E-state index < -0.39 is 5.97 Å². The number of aromatic carboxylic acids is 1. The molecule has 1 heterocycles. The molecule has 5 nitrogen and oxygen atoms in total. The van der Waals surface area contributed by atoms with Crippen molar-refractivity contribution in [3.8, 4) is 0 Å². The predicted octanol–water partition coefficient (Wildman–Crippen LogP) is 2.96. The molecule has 2 rings (SSSR count). The Kier molecular flexibility index (Phi) is 4.03. The fourth-order valence-corrected chi connectivity index (χ4v) is 2.05. The molecule has 1 aromatic heterocycles. The first-order chi connectivity index (χ1) is 9.88. The molecular weight excluding hydrogens is 268 g/mol. The number of nitrogens with one attached hydrogen (secondary N) is 1. The van der Waals surface area contributed by atoms with Crippen molar-refractivity contribution in [3.63, 3.8) is 0 Å². The molecule has 0 saturated carbocycles. The largest absolute Gasteiger partial charge is 0.478 e. The third kappa shape index (κ3) is 3.25. The minimum atomic E-state index is -0.991. The van der Waals surface area contributed by atoms with Gasteiger partial charge >= 0.3 is 5.97 Å². The summed E-state index contributed by atoms with van der Waals surface area (Å²) in [7, 11) is 0. The number of aromatic nitrogens is 1. The van der Waals surface area contributed by atoms with Gasteiger partial charge in [-0.15, -0.1) is 0 Å². The number of nitrogens with zero attached hydrogens (tertiary/aromatic N) is 1. The summed E-state index contributed by atoms with van der Waals surface area (Å²) < 4.78 is 0. The van der Waals surface area contributed by atoms with Gasteiger partial charge in [-0.1, -0.05) is 0 Å². The molecule has 2 N–H and O–H groups in total. The number of rotatable bonds is 3. The maximum absolute atomic E-state index is 12.2. The summed E-state index contributed by atoms with van der Waals surface area (Å²) in [6.45, 7) is 5.40. The highest BCUT2D eigenvalue weighted by atomic mass is 16.4. The Balaban J connectivity index is 2.25. The summed E-state index contributed by atoms with van der Waals surface area (Å²) in [5.41, 5.74) is 3.49. The van der Waals surface area contributed by atoms with E-state index >= 15 is 0 Å². The second-order valence-electron chi connectivity index (χ2n) is 4.87. The van der Waals surface area contributed by atoms with Gasteiger partial charge in [0, 0.05) is 11.4 Å². The van der Waals surface area contributed by atoms with Crippen molar-refractivity contribution in [1.82, 2.24) is 4.98 Å². The molecule has 108 valence electrons. The summed E-state index contributed by atoms with van der Waals surface area (Å²) in [5, 5.41) is 11.7. The number of amides is 1. The third-order valence-electron chi connectivity index (χ3n) is 3.19. The Morgan fingerprint density at radius 2 is 1.81 bits per heavy atom. The van der Waals surface area contributed by atoms with Crippen LogP contribution in [0.5, 0.6) is 0 Å². The van der Waals surface area contributed by atoms with Gasteiger partial charge in [-0.3, -0.25) is 9.78 Å². The number of carboxylic acid groups (broad SMARTS) is 1. The number of hydrogen-bond acceptors (Lipinski definition) is 3. The quantitative estimate of drug-likeness (QED) is 0.908. The van der Waals surface area contributed by atoms with Gasteiger partial charge in [0.15, 0.2) is 0 Å². The highest BCUT2D eigenvalue weighted by Crippen LogP contribution is 2.18. The molecule has 0 aliphatic carbocycles. The van der Waals surface area contributed by atoms with Gasteiger partial charge in [-0.05, 0) is 56.7 Å². The average Bonchev–Trinajstić information content (AvgIpc) is 2.40. The van der Waals surface area contributed by atoms with Crippen LogP contribution in [0.4, 0.5) is 5.69 Å². The van der Waals surface area contributed by atoms with E-state index in [1.165, 1.54) is 12.1 Å². The number of hydrogen-bond donors (Lipinski definition) is 2. The molecule has 1 amide bonds. The van der Waals surface area contributed by atoms with Crippen molar-refractivity contribution in [2.75, 3.05) is 5.32 Å². The normalized spacial score (nSPS) is 10.2. The molecule has 5 heteroatoms. The van der Waals surface area contributed by atoms with Crippen LogP contribution < -0.4 is 5.32 Å². The van der Waals surface area contributed by atoms with E-state index in [2.05, 4.69) is 10.3 Å². The zero-order valence-electron chi connectivity index (χ0n) is 12.1. The molecule has 0 aliphatic heterocycles. The highest BCUT2D eigenvalue weighted by Gasteiger charge is 2.12. The van der Waals surface area contributed by atoms with Crippen LogP contribution in [-0.2, 0) is 0 Å². The van der Waals surface area contributed by atoms with Gasteiger partial charge < -0.3 is 10.4 Å². The zero-order chi connectivity index (χ0) is 15.6. The molecule has 0 spiro atoms. The molecular formula is C16H16N2O3. The van der Waals surface area contributed by atoms with Gasteiger partial charge in [0.25, 0.3) is 5.91 Å². The molecule has 0 aliphatic rings. The molecule has 2 aromatic rings. The Labute approximate surface area is 122 Å². The van der Waals surface area contributed by atoms with Crippen LogP contribution in [0.15, 0.2) is 30.3 Å². The second-order valence-corrected chi connectivity index (χ2v) is 4.87. The summed E-state index contributed by atoms with van der Waals surface area (Å²) in [6, 6.07) is 8.09. The number of benzene rings is 1. The minimum Gasteiger partial charge on any atom is -0.478 e. The van der Waals surface area contributed by atoms with E-state index in [1.54, 1.807) is 32.0 Å². The van der Waals surface area contributed by atoms with Crippen LogP contribution >= 0.6 is 0 Å². The fraction of sp³-hybridized carbons (Fsp3) is 0.188. The minimum absolute atomic E-state index is 0.193. The SMILES string of the molecule is Cc1ccc(C(=O)Nc2ccc(C(=O)O)cc2C)c(C)n1. The Morgan fingerprint density at radius 1 is 1.10 bits per heavy atom. The van der Waals surface area contributed by atoms with E-state index in [9.17, 15) is 9.59 Å². The molecule has 0 atom stereocenters. The van der Waals surface area contributed by atoms with Crippen LogP contribution in [0.25, 0.3) is 0 Å². The van der Waals surface area contributed by atoms with Crippen LogP contribution in [0, 0.1) is 20.8 Å². The van der Waals surface area contributed by atoms with E-state index in [-0.39, 0.29) is 11.5 Å². The van der Waals surface area contributed by atoms with E-state index in [4.69, 9.17) is 5.11 Å². The topological polar surface area (TPSA) is 79.3 Å². The average molecular weight is 284 g/mol. The van der Waals surface area contributed by atoms with E-state index in [1.807, 2.05) is 6.92 Å². The Bertz CT molecular complexity index is 723. The molecule has 0 unspecified atom stereocenters. The summed E-state index contributed by atoms with van der Waals surface area (Å²) in [4.78, 5) is 27.4. The van der Waals surface area contributed by atoms with Crippen molar-refractivity contribution in [1.29, 1.82) is 0 Å². The lowest BCUT2D eigenvalue weighted by Gasteiger charge is -2.10. The summed E-state index contributed by atoms with van der Waals surface area (Å²) in [6.07, 6.45) is 0. The number of pyridine rings is 1. The first-order valence-corrected chi connectivity index (χ1v) is 6.48.